The van der Waals surface area contributed by atoms with Crippen molar-refractivity contribution in [2.45, 2.75) is 20.3 Å². The fourth-order valence-corrected chi connectivity index (χ4v) is 2.48. The van der Waals surface area contributed by atoms with Crippen molar-refractivity contribution in [2.75, 3.05) is 37.6 Å². The normalized spacial score (nSPS) is 15.4. The van der Waals surface area contributed by atoms with Crippen LogP contribution in [0.2, 0.25) is 0 Å². The smallest absolute Gasteiger partial charge is 0.317 e. The maximum atomic E-state index is 11.9. The third-order valence-electron chi connectivity index (χ3n) is 3.74. The lowest BCUT2D eigenvalue weighted by Crippen LogP contribution is -2.52. The molecule has 0 atom stereocenters. The lowest BCUT2D eigenvalue weighted by Gasteiger charge is -2.33. The summed E-state index contributed by atoms with van der Waals surface area (Å²) in [6.07, 6.45) is 0.945. The van der Waals surface area contributed by atoms with E-state index in [9.17, 15) is 4.79 Å². The van der Waals surface area contributed by atoms with E-state index >= 15 is 0 Å². The molecule has 0 aliphatic carbocycles. The largest absolute Gasteiger partial charge is 0.422 e. The van der Waals surface area contributed by atoms with Crippen LogP contribution >= 0.6 is 0 Å². The fraction of sp³-hybridized carbons (Fsp3) is 0.533. The van der Waals surface area contributed by atoms with Crippen LogP contribution in [0.4, 0.5) is 10.8 Å². The standard InChI is InChI=1S/C15H21N5O2/c1-3-6-16-14(21)19-7-9-20(10-8-19)15-18-13-12(22-15)5-4-11(2)17-13/h4-5H,3,6-10H2,1-2H3,(H,16,21). The molecule has 2 aromatic rings. The molecule has 0 aromatic carbocycles. The van der Waals surface area contributed by atoms with Crippen molar-refractivity contribution >= 4 is 23.3 Å². The Hall–Kier alpha value is -2.31. The maximum absolute atomic E-state index is 11.9. The van der Waals surface area contributed by atoms with Gasteiger partial charge in [-0.25, -0.2) is 9.78 Å². The number of nitrogens with zero attached hydrogens (tertiary/aromatic N) is 4. The zero-order valence-electron chi connectivity index (χ0n) is 13.0. The Morgan fingerprint density at radius 1 is 1.27 bits per heavy atom. The number of oxazole rings is 1. The Balaban J connectivity index is 1.64. The highest BCUT2D eigenvalue weighted by Gasteiger charge is 2.23. The first-order valence-electron chi connectivity index (χ1n) is 7.69. The Morgan fingerprint density at radius 2 is 2.05 bits per heavy atom. The third-order valence-corrected chi connectivity index (χ3v) is 3.74. The Kier molecular flexibility index (Phi) is 4.13. The summed E-state index contributed by atoms with van der Waals surface area (Å²) in [5, 5.41) is 2.90. The van der Waals surface area contributed by atoms with Crippen LogP contribution < -0.4 is 10.2 Å². The van der Waals surface area contributed by atoms with Gasteiger partial charge in [-0.3, -0.25) is 0 Å². The number of anilines is 1. The molecule has 0 saturated carbocycles. The molecule has 1 aliphatic rings. The van der Waals surface area contributed by atoms with Crippen LogP contribution in [0.3, 0.4) is 0 Å². The summed E-state index contributed by atoms with van der Waals surface area (Å²) in [5.41, 5.74) is 2.26. The Bertz CT molecular complexity index is 661. The summed E-state index contributed by atoms with van der Waals surface area (Å²) in [5.74, 6) is 0. The van der Waals surface area contributed by atoms with Gasteiger partial charge in [0.1, 0.15) is 0 Å². The first-order valence-corrected chi connectivity index (χ1v) is 7.69. The quantitative estimate of drug-likeness (QED) is 0.935. The predicted octanol–water partition coefficient (Wildman–Crippen LogP) is 1.77. The summed E-state index contributed by atoms with van der Waals surface area (Å²) in [6, 6.07) is 4.40. The first-order chi connectivity index (χ1) is 10.7. The summed E-state index contributed by atoms with van der Waals surface area (Å²) >= 11 is 0. The molecule has 1 aliphatic heterocycles. The zero-order chi connectivity index (χ0) is 15.5. The number of fused-ring (bicyclic) bond motifs is 1. The summed E-state index contributed by atoms with van der Waals surface area (Å²) in [4.78, 5) is 24.6. The molecule has 7 heteroatoms. The number of carbonyl (C=O) groups excluding carboxylic acids is 1. The molecule has 2 amide bonds. The lowest BCUT2D eigenvalue weighted by atomic mass is 10.3. The number of rotatable bonds is 3. The van der Waals surface area contributed by atoms with Crippen LogP contribution in [0.15, 0.2) is 16.5 Å². The molecule has 0 radical (unpaired) electrons. The molecule has 118 valence electrons. The van der Waals surface area contributed by atoms with E-state index in [0.717, 1.165) is 18.7 Å². The van der Waals surface area contributed by atoms with Crippen LogP contribution in [0.5, 0.6) is 0 Å². The second kappa shape index (κ2) is 6.21. The number of aryl methyl sites for hydroxylation is 1. The molecule has 1 fully saturated rings. The predicted molar refractivity (Wildman–Crippen MR) is 84.0 cm³/mol. The number of nitrogens with one attached hydrogen (secondary N) is 1. The molecule has 0 spiro atoms. The summed E-state index contributed by atoms with van der Waals surface area (Å²) < 4.78 is 5.76. The Labute approximate surface area is 129 Å². The number of urea groups is 1. The minimum atomic E-state index is 0.0105. The van der Waals surface area contributed by atoms with Gasteiger partial charge in [0.15, 0.2) is 5.58 Å². The minimum Gasteiger partial charge on any atom is -0.422 e. The van der Waals surface area contributed by atoms with Gasteiger partial charge in [-0.05, 0) is 25.5 Å². The van der Waals surface area contributed by atoms with Gasteiger partial charge < -0.3 is 19.5 Å². The fourth-order valence-electron chi connectivity index (χ4n) is 2.48. The molecular weight excluding hydrogens is 282 g/mol. The van der Waals surface area contributed by atoms with Gasteiger partial charge in [-0.15, -0.1) is 0 Å². The Morgan fingerprint density at radius 3 is 2.77 bits per heavy atom. The number of piperazine rings is 1. The average molecular weight is 303 g/mol. The van der Waals surface area contributed by atoms with E-state index in [4.69, 9.17) is 4.42 Å². The van der Waals surface area contributed by atoms with Crippen molar-refractivity contribution in [3.05, 3.63) is 17.8 Å². The van der Waals surface area contributed by atoms with Crippen LogP contribution in [-0.4, -0.2) is 53.6 Å². The monoisotopic (exact) mass is 303 g/mol. The molecule has 2 aromatic heterocycles. The molecule has 22 heavy (non-hydrogen) atoms. The zero-order valence-corrected chi connectivity index (χ0v) is 13.0. The number of hydrogen-bond donors (Lipinski definition) is 1. The molecule has 1 N–H and O–H groups in total. The number of amides is 2. The van der Waals surface area contributed by atoms with Crippen molar-refractivity contribution in [3.8, 4) is 0 Å². The molecular formula is C15H21N5O2. The van der Waals surface area contributed by atoms with E-state index in [0.29, 0.717) is 43.4 Å². The molecule has 3 rings (SSSR count). The van der Waals surface area contributed by atoms with Crippen LogP contribution in [0.25, 0.3) is 11.2 Å². The topological polar surface area (TPSA) is 74.5 Å². The van der Waals surface area contributed by atoms with Crippen molar-refractivity contribution in [1.29, 1.82) is 0 Å². The molecule has 1 saturated heterocycles. The van der Waals surface area contributed by atoms with Crippen LogP contribution in [0, 0.1) is 6.92 Å². The van der Waals surface area contributed by atoms with Gasteiger partial charge in [-0.1, -0.05) is 6.92 Å². The average Bonchev–Trinajstić information content (AvgIpc) is 2.95. The number of carbonyl (C=O) groups is 1. The highest BCUT2D eigenvalue weighted by Crippen LogP contribution is 2.21. The maximum Gasteiger partial charge on any atom is 0.317 e. The summed E-state index contributed by atoms with van der Waals surface area (Å²) in [7, 11) is 0. The SMILES string of the molecule is CCCNC(=O)N1CCN(c2nc3nc(C)ccc3o2)CC1. The van der Waals surface area contributed by atoms with E-state index in [1.807, 2.05) is 30.9 Å². The van der Waals surface area contributed by atoms with Crippen molar-refractivity contribution < 1.29 is 9.21 Å². The number of hydrogen-bond acceptors (Lipinski definition) is 5. The van der Waals surface area contributed by atoms with Gasteiger partial charge in [0.25, 0.3) is 6.01 Å². The molecule has 3 heterocycles. The van der Waals surface area contributed by atoms with Gasteiger partial charge in [0.05, 0.1) is 0 Å². The second-order valence-corrected chi connectivity index (χ2v) is 5.48. The van der Waals surface area contributed by atoms with E-state index < -0.39 is 0 Å². The van der Waals surface area contributed by atoms with E-state index in [1.54, 1.807) is 0 Å². The van der Waals surface area contributed by atoms with E-state index in [-0.39, 0.29) is 6.03 Å². The number of aromatic nitrogens is 2. The number of pyridine rings is 1. The minimum absolute atomic E-state index is 0.0105. The molecule has 7 nitrogen and oxygen atoms in total. The van der Waals surface area contributed by atoms with Crippen LogP contribution in [-0.2, 0) is 0 Å². The van der Waals surface area contributed by atoms with Crippen molar-refractivity contribution in [3.63, 3.8) is 0 Å². The van der Waals surface area contributed by atoms with Gasteiger partial charge in [0, 0.05) is 38.4 Å². The van der Waals surface area contributed by atoms with E-state index in [1.165, 1.54) is 0 Å². The van der Waals surface area contributed by atoms with Gasteiger partial charge in [0.2, 0.25) is 5.65 Å². The first kappa shape index (κ1) is 14.6. The lowest BCUT2D eigenvalue weighted by molar-refractivity contribution is 0.193. The van der Waals surface area contributed by atoms with Crippen molar-refractivity contribution in [2.24, 2.45) is 0 Å². The highest BCUT2D eigenvalue weighted by atomic mass is 16.4. The molecule has 0 bridgehead atoms. The highest BCUT2D eigenvalue weighted by molar-refractivity contribution is 5.74. The van der Waals surface area contributed by atoms with Crippen molar-refractivity contribution in [1.82, 2.24) is 20.2 Å². The summed E-state index contributed by atoms with van der Waals surface area (Å²) in [6.45, 7) is 7.45. The second-order valence-electron chi connectivity index (χ2n) is 5.48. The van der Waals surface area contributed by atoms with Gasteiger partial charge in [-0.2, -0.15) is 4.98 Å². The molecule has 0 unspecified atom stereocenters. The van der Waals surface area contributed by atoms with Crippen LogP contribution in [0.1, 0.15) is 19.0 Å². The van der Waals surface area contributed by atoms with E-state index in [2.05, 4.69) is 20.2 Å². The third kappa shape index (κ3) is 2.98. The van der Waals surface area contributed by atoms with Gasteiger partial charge >= 0.3 is 6.03 Å².